The molecule has 6 heteroatoms. The van der Waals surface area contributed by atoms with Gasteiger partial charge in [0.1, 0.15) is 11.6 Å². The number of halogens is 1. The average molecular weight is 234 g/mol. The fourth-order valence-electron chi connectivity index (χ4n) is 1.20. The van der Waals surface area contributed by atoms with E-state index in [0.29, 0.717) is 0 Å². The van der Waals surface area contributed by atoms with Crippen molar-refractivity contribution in [3.05, 3.63) is 47.9 Å². The summed E-state index contributed by atoms with van der Waals surface area (Å²) in [5.41, 5.74) is -0.406. The molecule has 2 rings (SSSR count). The first-order valence-corrected chi connectivity index (χ1v) is 4.65. The SMILES string of the molecule is O=C(O)c1ccc(Oc2cccnn2)cc1F. The highest BCUT2D eigenvalue weighted by atomic mass is 19.1. The highest BCUT2D eigenvalue weighted by Gasteiger charge is 2.11. The second-order valence-corrected chi connectivity index (χ2v) is 3.11. The van der Waals surface area contributed by atoms with Crippen molar-refractivity contribution >= 4 is 5.97 Å². The first kappa shape index (κ1) is 11.0. The molecule has 0 atom stereocenters. The van der Waals surface area contributed by atoms with Gasteiger partial charge in [-0.05, 0) is 18.2 Å². The number of hydrogen-bond donors (Lipinski definition) is 1. The number of benzene rings is 1. The predicted octanol–water partition coefficient (Wildman–Crippen LogP) is 2.11. The number of nitrogens with zero attached hydrogens (tertiary/aromatic N) is 2. The second-order valence-electron chi connectivity index (χ2n) is 3.11. The maximum absolute atomic E-state index is 13.3. The Balaban J connectivity index is 2.24. The summed E-state index contributed by atoms with van der Waals surface area (Å²) >= 11 is 0. The minimum Gasteiger partial charge on any atom is -0.478 e. The van der Waals surface area contributed by atoms with Gasteiger partial charge < -0.3 is 9.84 Å². The zero-order valence-electron chi connectivity index (χ0n) is 8.50. The van der Waals surface area contributed by atoms with Crippen molar-refractivity contribution in [1.82, 2.24) is 10.2 Å². The molecule has 1 aromatic carbocycles. The maximum atomic E-state index is 13.3. The molecule has 0 aliphatic carbocycles. The van der Waals surface area contributed by atoms with Crippen molar-refractivity contribution < 1.29 is 19.0 Å². The molecular formula is C11H7FN2O3. The van der Waals surface area contributed by atoms with Crippen LogP contribution in [0.5, 0.6) is 11.6 Å². The zero-order valence-corrected chi connectivity index (χ0v) is 8.50. The van der Waals surface area contributed by atoms with Crippen LogP contribution in [0.3, 0.4) is 0 Å². The van der Waals surface area contributed by atoms with Crippen LogP contribution in [-0.4, -0.2) is 21.3 Å². The number of aromatic carboxylic acids is 1. The van der Waals surface area contributed by atoms with E-state index in [0.717, 1.165) is 12.1 Å². The van der Waals surface area contributed by atoms with Crippen LogP contribution in [0.2, 0.25) is 0 Å². The van der Waals surface area contributed by atoms with Crippen LogP contribution in [0.15, 0.2) is 36.5 Å². The van der Waals surface area contributed by atoms with E-state index in [-0.39, 0.29) is 11.6 Å². The van der Waals surface area contributed by atoms with E-state index < -0.39 is 17.3 Å². The summed E-state index contributed by atoms with van der Waals surface area (Å²) in [5, 5.41) is 15.9. The van der Waals surface area contributed by atoms with Crippen LogP contribution in [0, 0.1) is 5.82 Å². The lowest BCUT2D eigenvalue weighted by molar-refractivity contribution is 0.0692. The summed E-state index contributed by atoms with van der Waals surface area (Å²) in [4.78, 5) is 10.6. The number of ether oxygens (including phenoxy) is 1. The van der Waals surface area contributed by atoms with Crippen LogP contribution >= 0.6 is 0 Å². The third kappa shape index (κ3) is 2.54. The fraction of sp³-hybridized carbons (Fsp3) is 0. The molecule has 0 aliphatic rings. The quantitative estimate of drug-likeness (QED) is 0.880. The van der Waals surface area contributed by atoms with Crippen LogP contribution < -0.4 is 4.74 Å². The molecule has 2 aromatic rings. The number of hydrogen-bond acceptors (Lipinski definition) is 4. The van der Waals surface area contributed by atoms with Crippen molar-refractivity contribution in [1.29, 1.82) is 0 Å². The van der Waals surface area contributed by atoms with Gasteiger partial charge in [0.05, 0.1) is 5.56 Å². The molecule has 0 saturated heterocycles. The van der Waals surface area contributed by atoms with Crippen molar-refractivity contribution in [3.63, 3.8) is 0 Å². The summed E-state index contributed by atoms with van der Waals surface area (Å²) in [7, 11) is 0. The Morgan fingerprint density at radius 1 is 1.35 bits per heavy atom. The predicted molar refractivity (Wildman–Crippen MR) is 55.5 cm³/mol. The van der Waals surface area contributed by atoms with Gasteiger partial charge in [-0.15, -0.1) is 5.10 Å². The maximum Gasteiger partial charge on any atom is 0.338 e. The molecule has 86 valence electrons. The van der Waals surface area contributed by atoms with Gasteiger partial charge in [-0.1, -0.05) is 0 Å². The van der Waals surface area contributed by atoms with Gasteiger partial charge in [-0.25, -0.2) is 9.18 Å². The molecule has 17 heavy (non-hydrogen) atoms. The fourth-order valence-corrected chi connectivity index (χ4v) is 1.20. The summed E-state index contributed by atoms with van der Waals surface area (Å²) in [6, 6.07) is 6.63. The minimum absolute atomic E-state index is 0.160. The Morgan fingerprint density at radius 3 is 2.76 bits per heavy atom. The van der Waals surface area contributed by atoms with Gasteiger partial charge in [0.2, 0.25) is 5.88 Å². The smallest absolute Gasteiger partial charge is 0.338 e. The van der Waals surface area contributed by atoms with Crippen LogP contribution in [-0.2, 0) is 0 Å². The average Bonchev–Trinajstić information content (AvgIpc) is 2.30. The first-order valence-electron chi connectivity index (χ1n) is 4.65. The number of aromatic nitrogens is 2. The van der Waals surface area contributed by atoms with E-state index in [2.05, 4.69) is 10.2 Å². The number of rotatable bonds is 3. The lowest BCUT2D eigenvalue weighted by Gasteiger charge is -2.04. The Morgan fingerprint density at radius 2 is 2.18 bits per heavy atom. The Labute approximate surface area is 95.5 Å². The van der Waals surface area contributed by atoms with E-state index in [4.69, 9.17) is 9.84 Å². The standard InChI is InChI=1S/C11H7FN2O3/c12-9-6-7(3-4-8(9)11(15)16)17-10-2-1-5-13-14-10/h1-6H,(H,15,16). The molecule has 0 bridgehead atoms. The Kier molecular flexibility index (Phi) is 2.95. The summed E-state index contributed by atoms with van der Waals surface area (Å²) in [5.74, 6) is -1.82. The second kappa shape index (κ2) is 4.56. The van der Waals surface area contributed by atoms with E-state index >= 15 is 0 Å². The van der Waals surface area contributed by atoms with E-state index in [1.807, 2.05) is 0 Å². The molecule has 0 fully saturated rings. The van der Waals surface area contributed by atoms with E-state index in [9.17, 15) is 9.18 Å². The highest BCUT2D eigenvalue weighted by molar-refractivity contribution is 5.88. The molecule has 5 nitrogen and oxygen atoms in total. The van der Waals surface area contributed by atoms with Gasteiger partial charge in [0, 0.05) is 18.3 Å². The number of carbonyl (C=O) groups is 1. The molecule has 1 aromatic heterocycles. The molecule has 1 heterocycles. The summed E-state index contributed by atoms with van der Waals surface area (Å²) < 4.78 is 18.5. The third-order valence-electron chi connectivity index (χ3n) is 1.94. The first-order chi connectivity index (χ1) is 8.16. The van der Waals surface area contributed by atoms with Crippen LogP contribution in [0.1, 0.15) is 10.4 Å². The molecular weight excluding hydrogens is 227 g/mol. The van der Waals surface area contributed by atoms with Gasteiger partial charge in [0.15, 0.2) is 0 Å². The van der Waals surface area contributed by atoms with Gasteiger partial charge in [-0.2, -0.15) is 5.10 Å². The van der Waals surface area contributed by atoms with Crippen LogP contribution in [0.4, 0.5) is 4.39 Å². The topological polar surface area (TPSA) is 72.3 Å². The van der Waals surface area contributed by atoms with Crippen LogP contribution in [0.25, 0.3) is 0 Å². The summed E-state index contributed by atoms with van der Waals surface area (Å²) in [6.07, 6.45) is 1.47. The van der Waals surface area contributed by atoms with Crippen molar-refractivity contribution in [2.75, 3.05) is 0 Å². The molecule has 0 unspecified atom stereocenters. The van der Waals surface area contributed by atoms with Crippen molar-refractivity contribution in [2.24, 2.45) is 0 Å². The Hall–Kier alpha value is -2.50. The third-order valence-corrected chi connectivity index (χ3v) is 1.94. The summed E-state index contributed by atoms with van der Waals surface area (Å²) in [6.45, 7) is 0. The number of carboxylic acids is 1. The lowest BCUT2D eigenvalue weighted by atomic mass is 10.2. The van der Waals surface area contributed by atoms with Crippen molar-refractivity contribution in [2.45, 2.75) is 0 Å². The molecule has 0 aliphatic heterocycles. The zero-order chi connectivity index (χ0) is 12.3. The molecule has 0 spiro atoms. The molecule has 1 N–H and O–H groups in total. The van der Waals surface area contributed by atoms with Gasteiger partial charge in [-0.3, -0.25) is 0 Å². The van der Waals surface area contributed by atoms with Gasteiger partial charge >= 0.3 is 5.97 Å². The largest absolute Gasteiger partial charge is 0.478 e. The lowest BCUT2D eigenvalue weighted by Crippen LogP contribution is -2.00. The molecule has 0 amide bonds. The van der Waals surface area contributed by atoms with Gasteiger partial charge in [0.25, 0.3) is 0 Å². The molecule has 0 radical (unpaired) electrons. The van der Waals surface area contributed by atoms with E-state index in [1.165, 1.54) is 12.3 Å². The normalized spacial score (nSPS) is 9.94. The Bertz CT molecular complexity index is 546. The molecule has 0 saturated carbocycles. The highest BCUT2D eigenvalue weighted by Crippen LogP contribution is 2.21. The minimum atomic E-state index is -1.33. The van der Waals surface area contributed by atoms with Crippen molar-refractivity contribution in [3.8, 4) is 11.6 Å². The number of carboxylic acid groups (broad SMARTS) is 1. The monoisotopic (exact) mass is 234 g/mol. The van der Waals surface area contributed by atoms with E-state index in [1.54, 1.807) is 12.1 Å².